The zero-order chi connectivity index (χ0) is 29.8. The molecule has 1 aromatic rings. The molecule has 0 aromatic heterocycles. The fraction of sp³-hybridized carbons (Fsp3) is 0.542. The van der Waals surface area contributed by atoms with Crippen molar-refractivity contribution in [3.8, 4) is 0 Å². The molecule has 218 valence electrons. The number of nitrogens with one attached hydrogen (secondary N) is 3. The molecule has 3 amide bonds. The Hall–Kier alpha value is -3.62. The summed E-state index contributed by atoms with van der Waals surface area (Å²) < 4.78 is 38.1. The van der Waals surface area contributed by atoms with Gasteiger partial charge in [-0.3, -0.25) is 14.4 Å². The van der Waals surface area contributed by atoms with Crippen LogP contribution in [-0.4, -0.2) is 90.5 Å². The molecule has 0 aliphatic heterocycles. The van der Waals surface area contributed by atoms with Crippen LogP contribution in [0, 0.1) is 0 Å². The molecule has 0 unspecified atom stereocenters. The van der Waals surface area contributed by atoms with Crippen molar-refractivity contribution in [2.24, 2.45) is 0 Å². The van der Waals surface area contributed by atoms with E-state index in [-0.39, 0.29) is 36.8 Å². The molecule has 0 saturated heterocycles. The first-order valence-electron chi connectivity index (χ1n) is 12.4. The molecule has 1 aromatic carbocycles. The maximum Gasteiger partial charge on any atom is 0.531 e. The number of urea groups is 1. The van der Waals surface area contributed by atoms with E-state index in [1.807, 2.05) is 0 Å². The van der Waals surface area contributed by atoms with E-state index in [1.54, 1.807) is 12.1 Å². The van der Waals surface area contributed by atoms with Gasteiger partial charge in [0, 0.05) is 24.1 Å². The van der Waals surface area contributed by atoms with Crippen LogP contribution in [0.2, 0.25) is 0 Å². The van der Waals surface area contributed by atoms with Crippen LogP contribution in [0.4, 0.5) is 17.7 Å². The van der Waals surface area contributed by atoms with E-state index in [4.69, 9.17) is 5.11 Å². The molecule has 0 aliphatic rings. The van der Waals surface area contributed by atoms with Gasteiger partial charge in [0.25, 0.3) is 5.91 Å². The van der Waals surface area contributed by atoms with Gasteiger partial charge in [-0.2, -0.15) is 0 Å². The van der Waals surface area contributed by atoms with Crippen molar-refractivity contribution in [1.29, 1.82) is 0 Å². The van der Waals surface area contributed by atoms with Gasteiger partial charge in [-0.25, -0.2) is 9.59 Å². The number of quaternary nitrogens is 1. The average molecular weight is 560 g/mol. The second-order valence-corrected chi connectivity index (χ2v) is 10.0. The highest BCUT2D eigenvalue weighted by atomic mass is 19.4. The zero-order valence-electron chi connectivity index (χ0n) is 22.2. The van der Waals surface area contributed by atoms with Crippen LogP contribution in [0.3, 0.4) is 0 Å². The standard InChI is InChI=1S/C24H36BF3N4O7/c1-16(33)19(11-12-21(34)35)30-24(39)31-20(23(37)38)6-4-5-13-29-22(36)18-9-7-17(8-10-18)14-32(2,3)15-25(26,27)28/h7-10,19-20H,4-6,11-15H2,1-3H3,(H,29,36)(H,34,35)(H,37,38)(H2,30,31,39)/t19-,20-/m0/s1. The monoisotopic (exact) mass is 560 g/mol. The number of hydrogen-bond donors (Lipinski definition) is 5. The molecule has 0 aliphatic carbocycles. The van der Waals surface area contributed by atoms with Crippen LogP contribution in [0.1, 0.15) is 54.9 Å². The summed E-state index contributed by atoms with van der Waals surface area (Å²) in [7, 11) is 2.97. The molecule has 5 N–H and O–H groups in total. The Bertz CT molecular complexity index is 1020. The molecule has 1 rings (SSSR count). The Balaban J connectivity index is 2.48. The number of benzene rings is 1. The fourth-order valence-electron chi connectivity index (χ4n) is 3.92. The predicted octanol–water partition coefficient (Wildman–Crippen LogP) is 2.12. The molecule has 0 heterocycles. The number of rotatable bonds is 17. The minimum atomic E-state index is -4.93. The van der Waals surface area contributed by atoms with E-state index in [2.05, 4.69) is 16.0 Å². The van der Waals surface area contributed by atoms with Crippen LogP contribution in [0.5, 0.6) is 0 Å². The second kappa shape index (κ2) is 15.1. The summed E-state index contributed by atoms with van der Waals surface area (Å²) >= 11 is 0. The molecule has 39 heavy (non-hydrogen) atoms. The van der Waals surface area contributed by atoms with E-state index in [1.165, 1.54) is 33.2 Å². The third kappa shape index (κ3) is 14.2. The van der Waals surface area contributed by atoms with Crippen molar-refractivity contribution < 1.29 is 51.6 Å². The van der Waals surface area contributed by atoms with Crippen molar-refractivity contribution in [2.75, 3.05) is 27.1 Å². The van der Waals surface area contributed by atoms with E-state index in [0.717, 1.165) is 0 Å². The molecule has 0 spiro atoms. The third-order valence-electron chi connectivity index (χ3n) is 5.78. The summed E-state index contributed by atoms with van der Waals surface area (Å²) in [4.78, 5) is 58.3. The SMILES string of the molecule is CC(=O)[C@H](CCC(=O)O)NC(=O)N[C@@H](CCCCNC(=O)c1ccc(C[N+](C)(C)C[B-](F)(F)F)cc1)C(=O)O. The number of carbonyl (C=O) groups excluding carboxylic acids is 3. The van der Waals surface area contributed by atoms with Gasteiger partial charge < -0.3 is 43.6 Å². The van der Waals surface area contributed by atoms with Crippen molar-refractivity contribution >= 4 is 36.6 Å². The lowest BCUT2D eigenvalue weighted by Crippen LogP contribution is -2.50. The normalized spacial score (nSPS) is 13.2. The van der Waals surface area contributed by atoms with Gasteiger partial charge in [0.15, 0.2) is 5.78 Å². The van der Waals surface area contributed by atoms with Gasteiger partial charge in [0.05, 0.1) is 26.6 Å². The largest absolute Gasteiger partial charge is 0.531 e. The highest BCUT2D eigenvalue weighted by Crippen LogP contribution is 2.18. The van der Waals surface area contributed by atoms with E-state index in [9.17, 15) is 42.0 Å². The van der Waals surface area contributed by atoms with Crippen molar-refractivity contribution in [3.63, 3.8) is 0 Å². The summed E-state index contributed by atoms with van der Waals surface area (Å²) in [5, 5.41) is 25.3. The number of Topliss-reactive ketones (excluding diaryl/α,β-unsaturated/α-hetero) is 1. The Kier molecular flexibility index (Phi) is 12.9. The van der Waals surface area contributed by atoms with Gasteiger partial charge >= 0.3 is 24.9 Å². The highest BCUT2D eigenvalue weighted by Gasteiger charge is 2.33. The van der Waals surface area contributed by atoms with Crippen LogP contribution in [0.25, 0.3) is 0 Å². The van der Waals surface area contributed by atoms with Crippen molar-refractivity contribution in [2.45, 2.75) is 57.7 Å². The second-order valence-electron chi connectivity index (χ2n) is 10.0. The minimum Gasteiger partial charge on any atom is -0.481 e. The minimum absolute atomic E-state index is 0.0421. The first-order chi connectivity index (χ1) is 18.0. The lowest BCUT2D eigenvalue weighted by molar-refractivity contribution is -0.895. The molecule has 2 atom stereocenters. The predicted molar refractivity (Wildman–Crippen MR) is 137 cm³/mol. The molecule has 15 heteroatoms. The number of halogens is 3. The maximum atomic E-state index is 12.8. The summed E-state index contributed by atoms with van der Waals surface area (Å²) in [5.41, 5.74) is 0.984. The van der Waals surface area contributed by atoms with Crippen LogP contribution >= 0.6 is 0 Å². The molecule has 0 fully saturated rings. The molecular formula is C24H36BF3N4O7. The Labute approximate surface area is 224 Å². The Morgan fingerprint density at radius 2 is 1.51 bits per heavy atom. The summed E-state index contributed by atoms with van der Waals surface area (Å²) in [6.07, 6.45) is -0.621. The van der Waals surface area contributed by atoms with E-state index in [0.29, 0.717) is 24.0 Å². The smallest absolute Gasteiger partial charge is 0.481 e. The van der Waals surface area contributed by atoms with Gasteiger partial charge in [-0.05, 0) is 44.7 Å². The quantitative estimate of drug-likeness (QED) is 0.111. The van der Waals surface area contributed by atoms with Gasteiger partial charge in [0.1, 0.15) is 12.6 Å². The number of carbonyl (C=O) groups is 5. The number of amides is 3. The number of unbranched alkanes of at least 4 members (excludes halogenated alkanes) is 1. The van der Waals surface area contributed by atoms with Crippen LogP contribution in [0.15, 0.2) is 24.3 Å². The number of aliphatic carboxylic acids is 2. The lowest BCUT2D eigenvalue weighted by Gasteiger charge is -2.34. The third-order valence-corrected chi connectivity index (χ3v) is 5.78. The van der Waals surface area contributed by atoms with E-state index >= 15 is 0 Å². The van der Waals surface area contributed by atoms with Crippen molar-refractivity contribution in [1.82, 2.24) is 16.0 Å². The molecule has 0 radical (unpaired) electrons. The Morgan fingerprint density at radius 3 is 2.03 bits per heavy atom. The summed E-state index contributed by atoms with van der Waals surface area (Å²) in [6, 6.07) is 3.02. The van der Waals surface area contributed by atoms with Gasteiger partial charge in [-0.1, -0.05) is 12.1 Å². The van der Waals surface area contributed by atoms with E-state index < -0.39 is 55.2 Å². The lowest BCUT2D eigenvalue weighted by atomic mass is 9.90. The molecule has 11 nitrogen and oxygen atoms in total. The number of hydrogen-bond acceptors (Lipinski definition) is 5. The summed E-state index contributed by atoms with van der Waals surface area (Å²) in [6.45, 7) is -3.38. The average Bonchev–Trinajstić information content (AvgIpc) is 2.78. The zero-order valence-corrected chi connectivity index (χ0v) is 22.2. The number of ketones is 1. The fourth-order valence-corrected chi connectivity index (χ4v) is 3.92. The maximum absolute atomic E-state index is 12.8. The molecular weight excluding hydrogens is 524 g/mol. The highest BCUT2D eigenvalue weighted by molar-refractivity contribution is 6.58. The van der Waals surface area contributed by atoms with Crippen LogP contribution in [-0.2, 0) is 20.9 Å². The number of carboxylic acid groups (broad SMARTS) is 2. The molecule has 0 bridgehead atoms. The Morgan fingerprint density at radius 1 is 0.923 bits per heavy atom. The van der Waals surface area contributed by atoms with Crippen LogP contribution < -0.4 is 16.0 Å². The molecule has 0 saturated carbocycles. The number of carboxylic acids is 2. The first kappa shape index (κ1) is 33.4. The number of nitrogens with zero attached hydrogens (tertiary/aromatic N) is 1. The van der Waals surface area contributed by atoms with Crippen molar-refractivity contribution in [3.05, 3.63) is 35.4 Å². The van der Waals surface area contributed by atoms with Gasteiger partial charge in [-0.15, -0.1) is 0 Å². The topological polar surface area (TPSA) is 162 Å². The first-order valence-corrected chi connectivity index (χ1v) is 12.4. The van der Waals surface area contributed by atoms with Gasteiger partial charge in [0.2, 0.25) is 0 Å². The summed E-state index contributed by atoms with van der Waals surface area (Å²) in [5.74, 6) is -3.29.